The number of rotatable bonds is 6. The van der Waals surface area contributed by atoms with E-state index in [-0.39, 0.29) is 6.61 Å². The molecule has 0 saturated carbocycles. The highest BCUT2D eigenvalue weighted by Gasteiger charge is 2.06. The summed E-state index contributed by atoms with van der Waals surface area (Å²) in [7, 11) is 1.61. The third-order valence-electron chi connectivity index (χ3n) is 1.78. The molecule has 0 bridgehead atoms. The van der Waals surface area contributed by atoms with Crippen LogP contribution in [0.3, 0.4) is 0 Å². The van der Waals surface area contributed by atoms with Crippen molar-refractivity contribution in [3.8, 4) is 0 Å². The Balaban J connectivity index is 2.25. The molecule has 0 aliphatic carbocycles. The Hall–Kier alpha value is -0.970. The monoisotopic (exact) mass is 197 g/mol. The minimum absolute atomic E-state index is 0.273. The first kappa shape index (κ1) is 11.1. The van der Waals surface area contributed by atoms with Gasteiger partial charge in [-0.15, -0.1) is 0 Å². The van der Waals surface area contributed by atoms with E-state index in [1.165, 1.54) is 0 Å². The molecule has 1 heterocycles. The van der Waals surface area contributed by atoms with E-state index in [9.17, 15) is 5.11 Å². The summed E-state index contributed by atoms with van der Waals surface area (Å²) in [6, 6.07) is 3.60. The number of hydrogen-bond donors (Lipinski definition) is 1. The van der Waals surface area contributed by atoms with E-state index in [1.54, 1.807) is 25.6 Å². The Morgan fingerprint density at radius 1 is 1.50 bits per heavy atom. The summed E-state index contributed by atoms with van der Waals surface area (Å²) in [5.74, 6) is 0. The van der Waals surface area contributed by atoms with Gasteiger partial charge in [-0.3, -0.25) is 4.98 Å². The van der Waals surface area contributed by atoms with Crippen LogP contribution in [0.4, 0.5) is 0 Å². The van der Waals surface area contributed by atoms with Gasteiger partial charge in [-0.2, -0.15) is 0 Å². The van der Waals surface area contributed by atoms with Gasteiger partial charge in [0.25, 0.3) is 0 Å². The van der Waals surface area contributed by atoms with Crippen LogP contribution in [0.25, 0.3) is 0 Å². The lowest BCUT2D eigenvalue weighted by Gasteiger charge is -2.10. The molecule has 1 aromatic heterocycles. The number of ether oxygens (including phenoxy) is 2. The van der Waals surface area contributed by atoms with Gasteiger partial charge >= 0.3 is 0 Å². The fourth-order valence-corrected chi connectivity index (χ4v) is 1.01. The predicted octanol–water partition coefficient (Wildman–Crippen LogP) is 0.778. The van der Waals surface area contributed by atoms with E-state index in [0.29, 0.717) is 13.2 Å². The first-order valence-corrected chi connectivity index (χ1v) is 4.49. The zero-order valence-corrected chi connectivity index (χ0v) is 8.22. The highest BCUT2D eigenvalue weighted by Crippen LogP contribution is 2.10. The highest BCUT2D eigenvalue weighted by molar-refractivity contribution is 5.11. The zero-order chi connectivity index (χ0) is 10.2. The second kappa shape index (κ2) is 6.48. The molecule has 0 fully saturated rings. The maximum absolute atomic E-state index is 9.61. The van der Waals surface area contributed by atoms with E-state index in [1.807, 2.05) is 6.07 Å². The van der Waals surface area contributed by atoms with Gasteiger partial charge < -0.3 is 14.6 Å². The van der Waals surface area contributed by atoms with Crippen LogP contribution < -0.4 is 0 Å². The fraction of sp³-hybridized carbons (Fsp3) is 0.500. The third kappa shape index (κ3) is 3.83. The van der Waals surface area contributed by atoms with Crippen molar-refractivity contribution in [3.63, 3.8) is 0 Å². The lowest BCUT2D eigenvalue weighted by Crippen LogP contribution is -2.10. The number of methoxy groups -OCH3 is 1. The molecule has 0 aliphatic rings. The molecule has 0 spiro atoms. The molecule has 1 N–H and O–H groups in total. The largest absolute Gasteiger partial charge is 0.386 e. The molecule has 78 valence electrons. The van der Waals surface area contributed by atoms with Crippen molar-refractivity contribution >= 4 is 0 Å². The van der Waals surface area contributed by atoms with Crippen molar-refractivity contribution in [3.05, 3.63) is 30.1 Å². The predicted molar refractivity (Wildman–Crippen MR) is 51.9 cm³/mol. The Labute approximate surface area is 83.5 Å². The van der Waals surface area contributed by atoms with Gasteiger partial charge in [-0.05, 0) is 6.07 Å². The number of aliphatic hydroxyl groups is 1. The first-order valence-electron chi connectivity index (χ1n) is 4.49. The van der Waals surface area contributed by atoms with Gasteiger partial charge in [-0.25, -0.2) is 0 Å². The van der Waals surface area contributed by atoms with Crippen molar-refractivity contribution < 1.29 is 14.6 Å². The molecule has 0 saturated heterocycles. The smallest absolute Gasteiger partial charge is 0.104 e. The molecule has 1 unspecified atom stereocenters. The van der Waals surface area contributed by atoms with Crippen LogP contribution in [0.1, 0.15) is 11.7 Å². The van der Waals surface area contributed by atoms with E-state index in [0.717, 1.165) is 5.56 Å². The summed E-state index contributed by atoms with van der Waals surface area (Å²) in [5, 5.41) is 9.61. The van der Waals surface area contributed by atoms with Gasteiger partial charge in [0.05, 0.1) is 19.8 Å². The fourth-order valence-electron chi connectivity index (χ4n) is 1.01. The minimum atomic E-state index is -0.611. The van der Waals surface area contributed by atoms with Gasteiger partial charge in [0.2, 0.25) is 0 Å². The van der Waals surface area contributed by atoms with E-state index >= 15 is 0 Å². The summed E-state index contributed by atoms with van der Waals surface area (Å²) in [6.45, 7) is 1.31. The Bertz CT molecular complexity index is 240. The van der Waals surface area contributed by atoms with Crippen LogP contribution in [0.2, 0.25) is 0 Å². The number of aromatic nitrogens is 1. The standard InChI is InChI=1S/C10H15NO3/c1-13-5-6-14-8-10(12)9-3-2-4-11-7-9/h2-4,7,10,12H,5-6,8H2,1H3. The van der Waals surface area contributed by atoms with Crippen molar-refractivity contribution in [1.29, 1.82) is 0 Å². The number of hydrogen-bond acceptors (Lipinski definition) is 4. The normalized spacial score (nSPS) is 12.7. The molecule has 4 heteroatoms. The van der Waals surface area contributed by atoms with Crippen LogP contribution in [0, 0.1) is 0 Å². The van der Waals surface area contributed by atoms with Gasteiger partial charge in [0.15, 0.2) is 0 Å². The molecule has 1 rings (SSSR count). The molecule has 1 atom stereocenters. The molecular weight excluding hydrogens is 182 g/mol. The first-order chi connectivity index (χ1) is 6.84. The molecule has 4 nitrogen and oxygen atoms in total. The summed E-state index contributed by atoms with van der Waals surface area (Å²) < 4.78 is 10.00. The lowest BCUT2D eigenvalue weighted by molar-refractivity contribution is 0.0125. The highest BCUT2D eigenvalue weighted by atomic mass is 16.5. The molecule has 0 radical (unpaired) electrons. The van der Waals surface area contributed by atoms with Crippen LogP contribution in [0.15, 0.2) is 24.5 Å². The molecule has 0 amide bonds. The number of aliphatic hydroxyl groups excluding tert-OH is 1. The van der Waals surface area contributed by atoms with Crippen LogP contribution in [-0.2, 0) is 9.47 Å². The molecule has 14 heavy (non-hydrogen) atoms. The lowest BCUT2D eigenvalue weighted by atomic mass is 10.2. The maximum Gasteiger partial charge on any atom is 0.104 e. The third-order valence-corrected chi connectivity index (χ3v) is 1.78. The number of nitrogens with zero attached hydrogens (tertiary/aromatic N) is 1. The van der Waals surface area contributed by atoms with Crippen LogP contribution in [-0.4, -0.2) is 37.0 Å². The van der Waals surface area contributed by atoms with Gasteiger partial charge in [-0.1, -0.05) is 6.07 Å². The topological polar surface area (TPSA) is 51.6 Å². The average molecular weight is 197 g/mol. The van der Waals surface area contributed by atoms with Crippen LogP contribution in [0.5, 0.6) is 0 Å². The molecule has 0 aromatic carbocycles. The quantitative estimate of drug-likeness (QED) is 0.685. The Morgan fingerprint density at radius 3 is 3.00 bits per heavy atom. The van der Waals surface area contributed by atoms with Crippen molar-refractivity contribution in [2.45, 2.75) is 6.10 Å². The Kier molecular flexibility index (Phi) is 5.14. The van der Waals surface area contributed by atoms with Crippen LogP contribution >= 0.6 is 0 Å². The summed E-state index contributed by atoms with van der Waals surface area (Å²) in [4.78, 5) is 3.91. The Morgan fingerprint density at radius 2 is 2.36 bits per heavy atom. The van der Waals surface area contributed by atoms with E-state index in [2.05, 4.69) is 4.98 Å². The minimum Gasteiger partial charge on any atom is -0.386 e. The average Bonchev–Trinajstić information content (AvgIpc) is 2.25. The zero-order valence-electron chi connectivity index (χ0n) is 8.22. The van der Waals surface area contributed by atoms with Gasteiger partial charge in [0, 0.05) is 25.1 Å². The summed E-state index contributed by atoms with van der Waals surface area (Å²) in [5.41, 5.74) is 0.768. The van der Waals surface area contributed by atoms with Crippen molar-refractivity contribution in [1.82, 2.24) is 4.98 Å². The second-order valence-corrected chi connectivity index (χ2v) is 2.87. The summed E-state index contributed by atoms with van der Waals surface area (Å²) in [6.07, 6.45) is 2.69. The SMILES string of the molecule is COCCOCC(O)c1cccnc1. The van der Waals surface area contributed by atoms with E-state index < -0.39 is 6.10 Å². The molecular formula is C10H15NO3. The van der Waals surface area contributed by atoms with Crippen molar-refractivity contribution in [2.75, 3.05) is 26.9 Å². The second-order valence-electron chi connectivity index (χ2n) is 2.87. The number of pyridine rings is 1. The van der Waals surface area contributed by atoms with E-state index in [4.69, 9.17) is 9.47 Å². The van der Waals surface area contributed by atoms with Crippen molar-refractivity contribution in [2.24, 2.45) is 0 Å². The maximum atomic E-state index is 9.61. The molecule has 0 aliphatic heterocycles. The van der Waals surface area contributed by atoms with Gasteiger partial charge in [0.1, 0.15) is 6.10 Å². The molecule has 1 aromatic rings. The summed E-state index contributed by atoms with van der Waals surface area (Å²) >= 11 is 0.